The fourth-order valence-corrected chi connectivity index (χ4v) is 5.12. The summed E-state index contributed by atoms with van der Waals surface area (Å²) in [6, 6.07) is 33.5. The molecule has 5 heterocycles. The molecule has 0 saturated carbocycles. The molecule has 0 bridgehead atoms. The van der Waals surface area contributed by atoms with Crippen molar-refractivity contribution in [1.29, 1.82) is 0 Å². The van der Waals surface area contributed by atoms with E-state index in [1.54, 1.807) is 30.9 Å². The molecule has 0 amide bonds. The van der Waals surface area contributed by atoms with Crippen LogP contribution >= 0.6 is 0 Å². The molecule has 7 rings (SSSR count). The van der Waals surface area contributed by atoms with Crippen molar-refractivity contribution in [3.05, 3.63) is 158 Å². The largest absolute Gasteiger partial charge is 2.00 e. The van der Waals surface area contributed by atoms with E-state index in [9.17, 15) is 19.8 Å². The topological polar surface area (TPSA) is 146 Å². The Morgan fingerprint density at radius 2 is 1.14 bits per heavy atom. The van der Waals surface area contributed by atoms with Crippen LogP contribution in [0.25, 0.3) is 39.3 Å². The molecule has 0 radical (unpaired) electrons. The molecule has 5 aromatic heterocycles. The molecular formula is C40H33N5O5Ru. The Bertz CT molecular complexity index is 2080. The second-order valence-electron chi connectivity index (χ2n) is 10.8. The molecule has 0 aliphatic heterocycles. The second kappa shape index (κ2) is 19.2. The zero-order valence-corrected chi connectivity index (χ0v) is 29.2. The first-order chi connectivity index (χ1) is 24.4. The van der Waals surface area contributed by atoms with Gasteiger partial charge in [-0.25, -0.2) is 9.97 Å². The molecule has 256 valence electrons. The average Bonchev–Trinajstić information content (AvgIpc) is 3.49. The van der Waals surface area contributed by atoms with E-state index < -0.39 is 11.9 Å². The predicted octanol–water partition coefficient (Wildman–Crippen LogP) is 5.64. The zero-order chi connectivity index (χ0) is 35.1. The minimum Gasteiger partial charge on any atom is -0.543 e. The number of hydrogen-bond acceptors (Lipinski definition) is 9. The number of carboxylic acids is 2. The summed E-state index contributed by atoms with van der Waals surface area (Å²) in [5.41, 5.74) is 3.75. The molecule has 0 saturated heterocycles. The van der Waals surface area contributed by atoms with Crippen molar-refractivity contribution in [2.24, 2.45) is 0 Å². The standard InChI is InChI=1S/C21H20N2O.C12H8N2O4.C7H7N.Ru/c1-3-9-20-18(7-1)19-8-2-4-10-21(19)23(20)15-5-6-16-24-17-11-13-22-14-12-17;15-11(16)9-5-1-3-7(13-9)8-4-2-6-10(14-8)12(17)18;1-2-7-3-5-8-6-4-7;/h1-4,7-14H,5-6,15-16H2;1-6H,(H,15,16)(H,17,18);2-6H,1H2;/q;;;+2/p-2. The maximum atomic E-state index is 10.7. The summed E-state index contributed by atoms with van der Waals surface area (Å²) in [5, 5.41) is 24.0. The summed E-state index contributed by atoms with van der Waals surface area (Å²) in [6.45, 7) is 5.35. The molecule has 0 N–H and O–H groups in total. The third kappa shape index (κ3) is 10.5. The maximum Gasteiger partial charge on any atom is 2.00 e. The number of carboxylic acid groups (broad SMARTS) is 2. The number of pyridine rings is 4. The van der Waals surface area contributed by atoms with Gasteiger partial charge in [0.1, 0.15) is 5.75 Å². The Morgan fingerprint density at radius 1 is 0.647 bits per heavy atom. The summed E-state index contributed by atoms with van der Waals surface area (Å²) in [5.74, 6) is -1.93. The Labute approximate surface area is 307 Å². The molecule has 0 atom stereocenters. The number of unbranched alkanes of at least 4 members (excludes halogenated alkanes) is 1. The van der Waals surface area contributed by atoms with Crippen LogP contribution in [0, 0.1) is 0 Å². The van der Waals surface area contributed by atoms with Gasteiger partial charge in [-0.2, -0.15) is 0 Å². The number of aromatic carboxylic acids is 2. The van der Waals surface area contributed by atoms with Gasteiger partial charge in [-0.1, -0.05) is 61.2 Å². The Hall–Kier alpha value is -6.06. The van der Waals surface area contributed by atoms with E-state index in [1.807, 2.05) is 24.3 Å². The number of hydrogen-bond donors (Lipinski definition) is 0. The minimum atomic E-state index is -1.41. The number of carbonyl (C=O) groups excluding carboxylic acids is 2. The van der Waals surface area contributed by atoms with Crippen LogP contribution in [0.5, 0.6) is 5.75 Å². The van der Waals surface area contributed by atoms with Crippen molar-refractivity contribution in [2.75, 3.05) is 6.61 Å². The zero-order valence-electron chi connectivity index (χ0n) is 27.4. The number of aromatic nitrogens is 5. The SMILES string of the molecule is C=Cc1ccncc1.O=C([O-])c1cccc(-c2cccc(C(=O)[O-])n2)n1.[Ru+2].c1ccc2c(c1)c1ccccc1n2CCCCOc1ccncc1. The first-order valence-electron chi connectivity index (χ1n) is 15.8. The van der Waals surface area contributed by atoms with Crippen LogP contribution in [-0.2, 0) is 26.0 Å². The average molecular weight is 765 g/mol. The molecule has 0 fully saturated rings. The molecule has 10 nitrogen and oxygen atoms in total. The van der Waals surface area contributed by atoms with Crippen molar-refractivity contribution >= 4 is 39.8 Å². The van der Waals surface area contributed by atoms with Crippen LogP contribution in [0.15, 0.2) is 141 Å². The number of rotatable bonds is 10. The number of ether oxygens (including phenoxy) is 1. The molecule has 2 aromatic carbocycles. The van der Waals surface area contributed by atoms with Gasteiger partial charge < -0.3 is 29.1 Å². The van der Waals surface area contributed by atoms with E-state index in [0.29, 0.717) is 0 Å². The molecule has 7 aromatic rings. The van der Waals surface area contributed by atoms with Gasteiger partial charge in [-0.05, 0) is 79.1 Å². The minimum absolute atomic E-state index is 0. The monoisotopic (exact) mass is 765 g/mol. The van der Waals surface area contributed by atoms with Crippen LogP contribution in [0.4, 0.5) is 0 Å². The summed E-state index contributed by atoms with van der Waals surface area (Å²) in [7, 11) is 0. The van der Waals surface area contributed by atoms with Crippen molar-refractivity contribution in [3.8, 4) is 17.1 Å². The Morgan fingerprint density at radius 3 is 1.61 bits per heavy atom. The summed E-state index contributed by atoms with van der Waals surface area (Å²) < 4.78 is 8.18. The third-order valence-corrected chi connectivity index (χ3v) is 7.50. The van der Waals surface area contributed by atoms with E-state index in [-0.39, 0.29) is 42.3 Å². The van der Waals surface area contributed by atoms with Crippen LogP contribution in [-0.4, -0.2) is 43.0 Å². The van der Waals surface area contributed by atoms with Gasteiger partial charge in [0.2, 0.25) is 0 Å². The van der Waals surface area contributed by atoms with Gasteiger partial charge in [-0.15, -0.1) is 0 Å². The number of fused-ring (bicyclic) bond motifs is 3. The predicted molar refractivity (Wildman–Crippen MR) is 189 cm³/mol. The van der Waals surface area contributed by atoms with Crippen LogP contribution < -0.4 is 14.9 Å². The number of para-hydroxylation sites is 2. The molecule has 11 heteroatoms. The molecule has 0 unspecified atom stereocenters. The Balaban J connectivity index is 0.000000190. The molecule has 0 aliphatic rings. The van der Waals surface area contributed by atoms with Crippen molar-refractivity contribution in [2.45, 2.75) is 19.4 Å². The van der Waals surface area contributed by atoms with Gasteiger partial charge in [0.05, 0.1) is 41.3 Å². The number of carbonyl (C=O) groups is 2. The molecule has 0 aliphatic carbocycles. The fraction of sp³-hybridized carbons (Fsp3) is 0.100. The summed E-state index contributed by atoms with van der Waals surface area (Å²) >= 11 is 0. The molecule has 0 spiro atoms. The van der Waals surface area contributed by atoms with Gasteiger partial charge >= 0.3 is 19.5 Å². The van der Waals surface area contributed by atoms with Gasteiger partial charge in [-0.3, -0.25) is 9.97 Å². The van der Waals surface area contributed by atoms with E-state index in [4.69, 9.17) is 4.74 Å². The number of nitrogens with zero attached hydrogens (tertiary/aromatic N) is 5. The normalized spacial score (nSPS) is 10.1. The van der Waals surface area contributed by atoms with Gasteiger partial charge in [0.15, 0.2) is 0 Å². The second-order valence-corrected chi connectivity index (χ2v) is 10.8. The van der Waals surface area contributed by atoms with Gasteiger partial charge in [0, 0.05) is 53.1 Å². The van der Waals surface area contributed by atoms with E-state index in [2.05, 4.69) is 79.6 Å². The van der Waals surface area contributed by atoms with E-state index in [1.165, 1.54) is 58.2 Å². The van der Waals surface area contributed by atoms with Crippen molar-refractivity contribution in [1.82, 2.24) is 24.5 Å². The first kappa shape index (κ1) is 37.8. The summed E-state index contributed by atoms with van der Waals surface area (Å²) in [4.78, 5) is 36.8. The van der Waals surface area contributed by atoms with Crippen LogP contribution in [0.3, 0.4) is 0 Å². The van der Waals surface area contributed by atoms with Crippen LogP contribution in [0.2, 0.25) is 0 Å². The summed E-state index contributed by atoms with van der Waals surface area (Å²) in [6.07, 6.45) is 10.9. The number of benzene rings is 2. The number of aryl methyl sites for hydroxylation is 1. The fourth-order valence-electron chi connectivity index (χ4n) is 5.12. The molecular weight excluding hydrogens is 732 g/mol. The first-order valence-corrected chi connectivity index (χ1v) is 15.8. The van der Waals surface area contributed by atoms with Crippen molar-refractivity contribution < 1.29 is 44.0 Å². The quantitative estimate of drug-likeness (QED) is 0.128. The Kier molecular flexibility index (Phi) is 14.2. The van der Waals surface area contributed by atoms with E-state index in [0.717, 1.165) is 37.3 Å². The molecule has 51 heavy (non-hydrogen) atoms. The van der Waals surface area contributed by atoms with E-state index >= 15 is 0 Å². The smallest absolute Gasteiger partial charge is 0.543 e. The maximum absolute atomic E-state index is 10.7. The third-order valence-electron chi connectivity index (χ3n) is 7.50. The van der Waals surface area contributed by atoms with Gasteiger partial charge in [0.25, 0.3) is 0 Å². The van der Waals surface area contributed by atoms with Crippen LogP contribution in [0.1, 0.15) is 39.4 Å². The van der Waals surface area contributed by atoms with Crippen molar-refractivity contribution in [3.63, 3.8) is 0 Å².